The van der Waals surface area contributed by atoms with Gasteiger partial charge in [0.2, 0.25) is 5.91 Å². The number of benzene rings is 1. The first-order valence-corrected chi connectivity index (χ1v) is 14.7. The van der Waals surface area contributed by atoms with Gasteiger partial charge in [0.15, 0.2) is 0 Å². The fourth-order valence-electron chi connectivity index (χ4n) is 5.74. The van der Waals surface area contributed by atoms with Gasteiger partial charge in [0.1, 0.15) is 11.4 Å². The highest BCUT2D eigenvalue weighted by Gasteiger charge is 2.50. The van der Waals surface area contributed by atoms with Gasteiger partial charge in [0.25, 0.3) is 0 Å². The maximum atomic E-state index is 12.4. The molecule has 0 radical (unpaired) electrons. The number of aromatic nitrogens is 3. The number of pyridine rings is 1. The van der Waals surface area contributed by atoms with Crippen LogP contribution in [-0.4, -0.2) is 50.5 Å². The molecule has 8 nitrogen and oxygen atoms in total. The van der Waals surface area contributed by atoms with Crippen LogP contribution in [0, 0.1) is 6.92 Å². The maximum Gasteiger partial charge on any atom is 0.410 e. The number of likely N-dealkylation sites (tertiary alicyclic amines) is 1. The van der Waals surface area contributed by atoms with Crippen molar-refractivity contribution < 1.29 is 14.3 Å². The minimum atomic E-state index is -0.489. The molecule has 2 amide bonds. The fourth-order valence-corrected chi connectivity index (χ4v) is 5.74. The molecule has 0 unspecified atom stereocenters. The number of aryl methyl sites for hydroxylation is 3. The Morgan fingerprint density at radius 1 is 1.02 bits per heavy atom. The molecule has 5 rings (SSSR count). The van der Waals surface area contributed by atoms with E-state index in [1.165, 1.54) is 5.56 Å². The van der Waals surface area contributed by atoms with Gasteiger partial charge in [0, 0.05) is 49.2 Å². The molecule has 1 saturated carbocycles. The van der Waals surface area contributed by atoms with Crippen molar-refractivity contribution in [2.45, 2.75) is 89.6 Å². The van der Waals surface area contributed by atoms with Crippen LogP contribution >= 0.6 is 0 Å². The Kier molecular flexibility index (Phi) is 8.11. The molecular weight excluding hydrogens is 514 g/mol. The second kappa shape index (κ2) is 11.6. The third kappa shape index (κ3) is 6.75. The molecule has 2 aromatic heterocycles. The molecule has 1 aliphatic heterocycles. The summed E-state index contributed by atoms with van der Waals surface area (Å²) in [6.45, 7) is 9.07. The summed E-state index contributed by atoms with van der Waals surface area (Å²) in [7, 11) is 0. The van der Waals surface area contributed by atoms with Crippen molar-refractivity contribution in [1.29, 1.82) is 0 Å². The van der Waals surface area contributed by atoms with Gasteiger partial charge >= 0.3 is 6.09 Å². The minimum absolute atomic E-state index is 0.226. The van der Waals surface area contributed by atoms with E-state index in [1.807, 2.05) is 58.3 Å². The van der Waals surface area contributed by atoms with E-state index in [-0.39, 0.29) is 12.0 Å². The third-order valence-electron chi connectivity index (χ3n) is 8.29. The predicted octanol–water partition coefficient (Wildman–Crippen LogP) is 5.19. The van der Waals surface area contributed by atoms with Crippen LogP contribution in [-0.2, 0) is 34.2 Å². The van der Waals surface area contributed by atoms with Crippen LogP contribution in [0.2, 0.25) is 0 Å². The molecule has 2 fully saturated rings. The van der Waals surface area contributed by atoms with Crippen LogP contribution in [0.1, 0.15) is 91.8 Å². The van der Waals surface area contributed by atoms with Crippen molar-refractivity contribution in [2.24, 2.45) is 5.73 Å². The normalized spacial score (nSPS) is 16.8. The molecule has 41 heavy (non-hydrogen) atoms. The summed E-state index contributed by atoms with van der Waals surface area (Å²) in [5.74, 6) is 0.878. The van der Waals surface area contributed by atoms with Gasteiger partial charge < -0.3 is 15.4 Å². The largest absolute Gasteiger partial charge is 0.444 e. The summed E-state index contributed by atoms with van der Waals surface area (Å²) in [6, 6.07) is 12.4. The first-order chi connectivity index (χ1) is 19.5. The number of nitrogens with zero attached hydrogens (tertiary/aromatic N) is 4. The third-order valence-corrected chi connectivity index (χ3v) is 8.29. The van der Waals surface area contributed by atoms with Crippen molar-refractivity contribution in [3.05, 3.63) is 88.3 Å². The number of primary amides is 1. The highest BCUT2D eigenvalue weighted by molar-refractivity contribution is 5.90. The van der Waals surface area contributed by atoms with Crippen LogP contribution in [0.3, 0.4) is 0 Å². The zero-order chi connectivity index (χ0) is 29.2. The van der Waals surface area contributed by atoms with E-state index in [9.17, 15) is 9.59 Å². The number of rotatable bonds is 8. The number of nitrogens with two attached hydrogens (primary N) is 1. The average molecular weight is 556 g/mol. The number of hydrogen-bond donors (Lipinski definition) is 1. The molecule has 0 spiro atoms. The Balaban J connectivity index is 1.19. The Labute approximate surface area is 242 Å². The number of hydrogen-bond acceptors (Lipinski definition) is 6. The molecule has 0 bridgehead atoms. The lowest BCUT2D eigenvalue weighted by Crippen LogP contribution is -2.41. The van der Waals surface area contributed by atoms with Crippen LogP contribution in [0.4, 0.5) is 4.79 Å². The summed E-state index contributed by atoms with van der Waals surface area (Å²) < 4.78 is 5.52. The lowest BCUT2D eigenvalue weighted by atomic mass is 9.88. The Bertz CT molecular complexity index is 1400. The van der Waals surface area contributed by atoms with Crippen molar-refractivity contribution >= 4 is 12.0 Å². The Morgan fingerprint density at radius 2 is 1.76 bits per heavy atom. The van der Waals surface area contributed by atoms with Gasteiger partial charge in [-0.3, -0.25) is 9.78 Å². The molecule has 3 heterocycles. The minimum Gasteiger partial charge on any atom is -0.444 e. The number of carbonyl (C=O) groups excluding carboxylic acids is 2. The van der Waals surface area contributed by atoms with Crippen molar-refractivity contribution in [2.75, 3.05) is 13.1 Å². The monoisotopic (exact) mass is 555 g/mol. The smallest absolute Gasteiger partial charge is 0.410 e. The number of piperidine rings is 1. The second-order valence-corrected chi connectivity index (χ2v) is 12.5. The van der Waals surface area contributed by atoms with Crippen molar-refractivity contribution in [3.8, 4) is 0 Å². The zero-order valence-corrected chi connectivity index (χ0v) is 24.7. The molecule has 0 atom stereocenters. The Morgan fingerprint density at radius 3 is 2.39 bits per heavy atom. The van der Waals surface area contributed by atoms with Gasteiger partial charge in [-0.2, -0.15) is 0 Å². The zero-order valence-electron chi connectivity index (χ0n) is 24.7. The molecule has 1 saturated heterocycles. The maximum absolute atomic E-state index is 12.4. The molecular formula is C33H41N5O3. The molecule has 3 aromatic rings. The van der Waals surface area contributed by atoms with Crippen molar-refractivity contribution in [1.82, 2.24) is 19.9 Å². The average Bonchev–Trinajstić information content (AvgIpc) is 3.76. The van der Waals surface area contributed by atoms with E-state index in [1.54, 1.807) is 4.90 Å². The van der Waals surface area contributed by atoms with Crippen LogP contribution < -0.4 is 5.73 Å². The number of carbonyl (C=O) groups is 2. The van der Waals surface area contributed by atoms with Crippen LogP contribution in [0.25, 0.3) is 0 Å². The molecule has 1 aromatic carbocycles. The van der Waals surface area contributed by atoms with E-state index >= 15 is 0 Å². The SMILES string of the molecule is Cc1cnc(Cc2ccc(C3CCN(C(=O)OC(C)(C)C)CC3)nc2)nc1CCc1ccccc1C1(C(N)=O)CC1. The fraction of sp³-hybridized carbons (Fsp3) is 0.485. The highest BCUT2D eigenvalue weighted by atomic mass is 16.6. The molecule has 216 valence electrons. The van der Waals surface area contributed by atoms with Gasteiger partial charge in [-0.25, -0.2) is 14.8 Å². The first-order valence-electron chi connectivity index (χ1n) is 14.7. The van der Waals surface area contributed by atoms with Gasteiger partial charge in [-0.05, 0) is 94.5 Å². The second-order valence-electron chi connectivity index (χ2n) is 12.5. The topological polar surface area (TPSA) is 111 Å². The van der Waals surface area contributed by atoms with E-state index in [2.05, 4.69) is 23.2 Å². The Hall–Kier alpha value is -3.81. The van der Waals surface area contributed by atoms with Crippen LogP contribution in [0.5, 0.6) is 0 Å². The van der Waals surface area contributed by atoms with Gasteiger partial charge in [-0.1, -0.05) is 30.3 Å². The summed E-state index contributed by atoms with van der Waals surface area (Å²) in [4.78, 5) is 40.6. The lowest BCUT2D eigenvalue weighted by Gasteiger charge is -2.33. The summed E-state index contributed by atoms with van der Waals surface area (Å²) in [6.07, 6.45) is 9.17. The van der Waals surface area contributed by atoms with E-state index in [4.69, 9.17) is 20.4 Å². The van der Waals surface area contributed by atoms with E-state index in [0.717, 1.165) is 72.4 Å². The lowest BCUT2D eigenvalue weighted by molar-refractivity contribution is -0.120. The van der Waals surface area contributed by atoms with Crippen molar-refractivity contribution in [3.63, 3.8) is 0 Å². The van der Waals surface area contributed by atoms with Gasteiger partial charge in [0.05, 0.1) is 5.41 Å². The van der Waals surface area contributed by atoms with Gasteiger partial charge in [-0.15, -0.1) is 0 Å². The molecule has 8 heteroatoms. The van der Waals surface area contributed by atoms with E-state index in [0.29, 0.717) is 25.4 Å². The highest BCUT2D eigenvalue weighted by Crippen LogP contribution is 2.49. The molecule has 2 N–H and O–H groups in total. The molecule has 1 aliphatic carbocycles. The number of amides is 2. The molecule has 2 aliphatic rings. The van der Waals surface area contributed by atoms with E-state index < -0.39 is 11.0 Å². The standard InChI is InChI=1S/C33H41N5O3/c1-22-20-36-29(37-27(22)12-10-24-7-5-6-8-26(24)33(15-16-33)30(34)39)19-23-9-11-28(35-21-23)25-13-17-38(18-14-25)31(40)41-32(2,3)4/h5-9,11,20-21,25H,10,12-19H2,1-4H3,(H2,34,39). The quantitative estimate of drug-likeness (QED) is 0.410. The van der Waals surface area contributed by atoms with Crippen LogP contribution in [0.15, 0.2) is 48.8 Å². The summed E-state index contributed by atoms with van der Waals surface area (Å²) in [5, 5.41) is 0. The summed E-state index contributed by atoms with van der Waals surface area (Å²) >= 11 is 0. The first kappa shape index (κ1) is 28.7. The number of ether oxygens (including phenoxy) is 1. The predicted molar refractivity (Wildman–Crippen MR) is 158 cm³/mol. The summed E-state index contributed by atoms with van der Waals surface area (Å²) in [5.41, 5.74) is 11.2.